The Morgan fingerprint density at radius 2 is 1.71 bits per heavy atom. The summed E-state index contributed by atoms with van der Waals surface area (Å²) in [6.45, 7) is 5.13. The second-order valence-electron chi connectivity index (χ2n) is 11.6. The molecule has 5 rings (SSSR count). The number of anilines is 2. The molecule has 0 spiro atoms. The van der Waals surface area contributed by atoms with Crippen molar-refractivity contribution in [1.29, 1.82) is 0 Å². The Morgan fingerprint density at radius 3 is 2.31 bits per heavy atom. The summed E-state index contributed by atoms with van der Waals surface area (Å²) in [5.74, 6) is -4.33. The predicted molar refractivity (Wildman–Crippen MR) is 171 cm³/mol. The van der Waals surface area contributed by atoms with Gasteiger partial charge in [0.1, 0.15) is 39.9 Å². The van der Waals surface area contributed by atoms with Crippen molar-refractivity contribution >= 4 is 34.3 Å². The molecular formula is C34H33F2N5O7. The van der Waals surface area contributed by atoms with Crippen LogP contribution in [0.2, 0.25) is 0 Å². The number of nitrogens with one attached hydrogen (secondary N) is 1. The Balaban J connectivity index is 1.58. The van der Waals surface area contributed by atoms with E-state index in [-0.39, 0.29) is 40.7 Å². The van der Waals surface area contributed by atoms with E-state index >= 15 is 0 Å². The molecular weight excluding hydrogens is 628 g/mol. The van der Waals surface area contributed by atoms with Crippen molar-refractivity contribution in [3.8, 4) is 28.8 Å². The van der Waals surface area contributed by atoms with Crippen LogP contribution in [0.15, 0.2) is 60.9 Å². The molecule has 1 unspecified atom stereocenters. The fourth-order valence-electron chi connectivity index (χ4n) is 4.95. The Kier molecular flexibility index (Phi) is 9.45. The third-order valence-electron chi connectivity index (χ3n) is 7.16. The van der Waals surface area contributed by atoms with Crippen molar-refractivity contribution in [2.24, 2.45) is 0 Å². The molecule has 2 aromatic carbocycles. The quantitative estimate of drug-likeness (QED) is 0.137. The van der Waals surface area contributed by atoms with Crippen LogP contribution in [-0.4, -0.2) is 63.5 Å². The van der Waals surface area contributed by atoms with E-state index in [1.807, 2.05) is 0 Å². The number of nitrogens with zero attached hydrogens (tertiary/aromatic N) is 4. The number of aromatic hydroxyl groups is 1. The lowest BCUT2D eigenvalue weighted by Crippen LogP contribution is -2.32. The average molecular weight is 662 g/mol. The van der Waals surface area contributed by atoms with Gasteiger partial charge in [-0.15, -0.1) is 0 Å². The maximum Gasteiger partial charge on any atom is 0.327 e. The number of pyridine rings is 1. The summed E-state index contributed by atoms with van der Waals surface area (Å²) < 4.78 is 52.3. The molecule has 5 aromatic rings. The number of halogens is 2. The molecule has 250 valence electrons. The van der Waals surface area contributed by atoms with E-state index in [9.17, 15) is 23.5 Å². The van der Waals surface area contributed by atoms with E-state index in [4.69, 9.17) is 18.9 Å². The zero-order chi connectivity index (χ0) is 34.7. The van der Waals surface area contributed by atoms with Gasteiger partial charge < -0.3 is 33.9 Å². The van der Waals surface area contributed by atoms with Crippen LogP contribution in [-0.2, 0) is 25.6 Å². The summed E-state index contributed by atoms with van der Waals surface area (Å²) in [7, 11) is 4.19. The van der Waals surface area contributed by atoms with Crippen LogP contribution in [0, 0.1) is 11.6 Å². The Bertz CT molecular complexity index is 1970. The first-order chi connectivity index (χ1) is 22.8. The minimum atomic E-state index is -1.45. The molecule has 2 N–H and O–H groups in total. The zero-order valence-electron chi connectivity index (χ0n) is 27.0. The Morgan fingerprint density at radius 1 is 0.979 bits per heavy atom. The molecule has 0 aliphatic carbocycles. The Labute approximate surface area is 274 Å². The van der Waals surface area contributed by atoms with Crippen molar-refractivity contribution < 1.29 is 42.4 Å². The third-order valence-corrected chi connectivity index (χ3v) is 7.16. The summed E-state index contributed by atoms with van der Waals surface area (Å²) in [6.07, 6.45) is 2.84. The van der Waals surface area contributed by atoms with Gasteiger partial charge in [0, 0.05) is 17.8 Å². The van der Waals surface area contributed by atoms with Crippen LogP contribution < -0.4 is 14.8 Å². The predicted octanol–water partition coefficient (Wildman–Crippen LogP) is 5.88. The number of hydrogen-bond acceptors (Lipinski definition) is 11. The highest BCUT2D eigenvalue weighted by atomic mass is 19.1. The highest BCUT2D eigenvalue weighted by Crippen LogP contribution is 2.37. The first-order valence-corrected chi connectivity index (χ1v) is 14.6. The van der Waals surface area contributed by atoms with Gasteiger partial charge in [-0.25, -0.2) is 18.7 Å². The van der Waals surface area contributed by atoms with Crippen molar-refractivity contribution in [1.82, 2.24) is 19.5 Å². The van der Waals surface area contributed by atoms with Gasteiger partial charge in [0.25, 0.3) is 0 Å². The largest absolute Gasteiger partial charge is 0.497 e. The highest BCUT2D eigenvalue weighted by molar-refractivity contribution is 6.00. The van der Waals surface area contributed by atoms with Gasteiger partial charge in [0.15, 0.2) is 11.7 Å². The van der Waals surface area contributed by atoms with Crippen molar-refractivity contribution in [3.63, 3.8) is 0 Å². The van der Waals surface area contributed by atoms with Crippen molar-refractivity contribution in [2.75, 3.05) is 26.6 Å². The molecule has 14 heteroatoms. The normalized spacial score (nSPS) is 12.0. The monoisotopic (exact) mass is 661 g/mol. The number of esters is 2. The minimum absolute atomic E-state index is 0.00168. The maximum absolute atomic E-state index is 14.9. The maximum atomic E-state index is 14.9. The van der Waals surface area contributed by atoms with Crippen LogP contribution in [0.1, 0.15) is 37.9 Å². The summed E-state index contributed by atoms with van der Waals surface area (Å²) in [5, 5.41) is 14.6. The lowest BCUT2D eigenvalue weighted by Gasteiger charge is -2.22. The van der Waals surface area contributed by atoms with Crippen LogP contribution in [0.25, 0.3) is 22.3 Å². The average Bonchev–Trinajstić information content (AvgIpc) is 3.35. The standard InChI is InChI=1S/C34H33F2N5O7/c1-34(2,3)48-33(44)28(32(43)47-6)23-13-11-19(15-37-23)38-30-27-24(39-29(40-30)26-21(35)8-7-9-22(26)36)17-41(31(27)42)16-18-10-12-20(45-4)14-25(18)46-5/h7-15,17,28,42H,16H2,1-6H3,(H,38,39,40). The summed E-state index contributed by atoms with van der Waals surface area (Å²) in [5.41, 5.74) is -0.0906. The van der Waals surface area contributed by atoms with Crippen molar-refractivity contribution in [2.45, 2.75) is 38.8 Å². The number of methoxy groups -OCH3 is 3. The van der Waals surface area contributed by atoms with Crippen LogP contribution in [0.4, 0.5) is 20.3 Å². The third kappa shape index (κ3) is 6.97. The number of hydrogen-bond donors (Lipinski definition) is 2. The molecule has 0 amide bonds. The second kappa shape index (κ2) is 13.5. The van der Waals surface area contributed by atoms with E-state index in [1.54, 1.807) is 39.0 Å². The van der Waals surface area contributed by atoms with Gasteiger partial charge in [-0.1, -0.05) is 6.07 Å². The number of ether oxygens (including phenoxy) is 4. The summed E-state index contributed by atoms with van der Waals surface area (Å²) in [6, 6.07) is 11.5. The molecule has 12 nitrogen and oxygen atoms in total. The lowest BCUT2D eigenvalue weighted by molar-refractivity contribution is -0.163. The molecule has 0 aliphatic rings. The number of rotatable bonds is 10. The molecule has 0 saturated heterocycles. The molecule has 48 heavy (non-hydrogen) atoms. The van der Waals surface area contributed by atoms with E-state index in [1.165, 1.54) is 49.4 Å². The number of carbonyl (C=O) groups excluding carboxylic acids is 2. The van der Waals surface area contributed by atoms with Crippen LogP contribution >= 0.6 is 0 Å². The number of fused-ring (bicyclic) bond motifs is 1. The minimum Gasteiger partial charge on any atom is -0.497 e. The van der Waals surface area contributed by atoms with E-state index < -0.39 is 40.7 Å². The molecule has 0 aliphatic heterocycles. The van der Waals surface area contributed by atoms with Crippen molar-refractivity contribution in [3.05, 3.63) is 83.8 Å². The van der Waals surface area contributed by atoms with Gasteiger partial charge in [0.05, 0.1) is 56.5 Å². The second-order valence-corrected chi connectivity index (χ2v) is 11.6. The topological polar surface area (TPSA) is 147 Å². The molecule has 0 bridgehead atoms. The fraction of sp³-hybridized carbons (Fsp3) is 0.265. The van der Waals surface area contributed by atoms with E-state index in [0.717, 1.165) is 19.2 Å². The van der Waals surface area contributed by atoms with Gasteiger partial charge in [-0.3, -0.25) is 14.6 Å². The molecule has 3 heterocycles. The first kappa shape index (κ1) is 33.6. The SMILES string of the molecule is COC(=O)C(C(=O)OC(C)(C)C)c1ccc(Nc2nc(-c3c(F)cccc3F)nc3cn(Cc4ccc(OC)cc4OC)c(O)c23)cn1. The number of carbonyl (C=O) groups is 2. The zero-order valence-corrected chi connectivity index (χ0v) is 27.0. The Hall–Kier alpha value is -5.79. The number of benzene rings is 2. The smallest absolute Gasteiger partial charge is 0.327 e. The van der Waals surface area contributed by atoms with Gasteiger partial charge >= 0.3 is 11.9 Å². The molecule has 0 saturated carbocycles. The summed E-state index contributed by atoms with van der Waals surface area (Å²) in [4.78, 5) is 38.5. The molecule has 3 aromatic heterocycles. The van der Waals surface area contributed by atoms with Crippen LogP contribution in [0.5, 0.6) is 17.4 Å². The lowest BCUT2D eigenvalue weighted by atomic mass is 10.0. The molecule has 0 fully saturated rings. The molecule has 0 radical (unpaired) electrons. The van der Waals surface area contributed by atoms with Crippen LogP contribution in [0.3, 0.4) is 0 Å². The summed E-state index contributed by atoms with van der Waals surface area (Å²) >= 11 is 0. The highest BCUT2D eigenvalue weighted by Gasteiger charge is 2.35. The van der Waals surface area contributed by atoms with Gasteiger partial charge in [-0.05, 0) is 57.2 Å². The van der Waals surface area contributed by atoms with E-state index in [0.29, 0.717) is 22.7 Å². The fourth-order valence-corrected chi connectivity index (χ4v) is 4.95. The van der Waals surface area contributed by atoms with Gasteiger partial charge in [0.2, 0.25) is 5.88 Å². The van der Waals surface area contributed by atoms with E-state index in [2.05, 4.69) is 20.3 Å². The first-order valence-electron chi connectivity index (χ1n) is 14.6. The molecule has 1 atom stereocenters. The van der Waals surface area contributed by atoms with Gasteiger partial charge in [-0.2, -0.15) is 0 Å². The number of aromatic nitrogens is 4.